The third kappa shape index (κ3) is 8.90. The van der Waals surface area contributed by atoms with Crippen LogP contribution in [0.1, 0.15) is 51.2 Å². The number of likely N-dealkylation sites (tertiary alicyclic amines) is 1. The zero-order chi connectivity index (χ0) is 20.2. The molecule has 1 saturated heterocycles. The highest BCUT2D eigenvalue weighted by Gasteiger charge is 2.18. The van der Waals surface area contributed by atoms with E-state index in [2.05, 4.69) is 60.6 Å². The van der Waals surface area contributed by atoms with Gasteiger partial charge in [0.1, 0.15) is 0 Å². The van der Waals surface area contributed by atoms with Crippen molar-refractivity contribution in [3.8, 4) is 0 Å². The van der Waals surface area contributed by atoms with Gasteiger partial charge in [0.2, 0.25) is 5.91 Å². The van der Waals surface area contributed by atoms with Crippen molar-refractivity contribution in [3.63, 3.8) is 0 Å². The molecular formula is C22H38IN5O. The average molecular weight is 515 g/mol. The Balaban J connectivity index is 0.00000420. The maximum absolute atomic E-state index is 11.7. The molecule has 1 heterocycles. The lowest BCUT2D eigenvalue weighted by Gasteiger charge is -2.20. The zero-order valence-electron chi connectivity index (χ0n) is 18.2. The second-order valence-corrected chi connectivity index (χ2v) is 7.19. The molecule has 1 amide bonds. The van der Waals surface area contributed by atoms with Crippen molar-refractivity contribution < 1.29 is 4.79 Å². The first-order valence-corrected chi connectivity index (χ1v) is 10.8. The highest BCUT2D eigenvalue weighted by molar-refractivity contribution is 14.0. The van der Waals surface area contributed by atoms with E-state index >= 15 is 0 Å². The molecular weight excluding hydrogens is 477 g/mol. The molecule has 2 rings (SSSR count). The van der Waals surface area contributed by atoms with Crippen LogP contribution in [0.15, 0.2) is 29.3 Å². The van der Waals surface area contributed by atoms with Crippen molar-refractivity contribution in [2.24, 2.45) is 4.99 Å². The summed E-state index contributed by atoms with van der Waals surface area (Å²) in [7, 11) is 0. The van der Waals surface area contributed by atoms with E-state index < -0.39 is 0 Å². The van der Waals surface area contributed by atoms with Crippen molar-refractivity contribution in [1.82, 2.24) is 20.4 Å². The van der Waals surface area contributed by atoms with Crippen molar-refractivity contribution in [2.75, 3.05) is 39.3 Å². The summed E-state index contributed by atoms with van der Waals surface area (Å²) in [5, 5.41) is 6.72. The molecule has 0 unspecified atom stereocenters. The van der Waals surface area contributed by atoms with E-state index in [1.807, 2.05) is 4.90 Å². The fourth-order valence-corrected chi connectivity index (χ4v) is 3.48. The molecule has 2 N–H and O–H groups in total. The van der Waals surface area contributed by atoms with Crippen LogP contribution in [0.25, 0.3) is 0 Å². The topological polar surface area (TPSA) is 60.0 Å². The summed E-state index contributed by atoms with van der Waals surface area (Å²) in [4.78, 5) is 20.9. The van der Waals surface area contributed by atoms with Gasteiger partial charge in [-0.25, -0.2) is 4.99 Å². The molecule has 0 radical (unpaired) electrons. The van der Waals surface area contributed by atoms with Crippen LogP contribution in [-0.2, 0) is 17.9 Å². The molecule has 1 fully saturated rings. The number of halogens is 1. The minimum Gasteiger partial charge on any atom is -0.357 e. The molecule has 29 heavy (non-hydrogen) atoms. The molecule has 0 saturated carbocycles. The molecule has 6 nitrogen and oxygen atoms in total. The van der Waals surface area contributed by atoms with Crippen molar-refractivity contribution >= 4 is 35.8 Å². The normalized spacial score (nSPS) is 14.3. The molecule has 0 bridgehead atoms. The van der Waals surface area contributed by atoms with E-state index in [4.69, 9.17) is 4.99 Å². The third-order valence-corrected chi connectivity index (χ3v) is 5.23. The van der Waals surface area contributed by atoms with Crippen LogP contribution in [0.3, 0.4) is 0 Å². The van der Waals surface area contributed by atoms with E-state index in [-0.39, 0.29) is 24.0 Å². The highest BCUT2D eigenvalue weighted by Crippen LogP contribution is 2.13. The SMILES string of the molecule is CCNC(=NCc1ccccc1CN(CC)CC)NCCCN1CCCC1=O.I. The Hall–Kier alpha value is -1.35. The fourth-order valence-electron chi connectivity index (χ4n) is 3.48. The zero-order valence-corrected chi connectivity index (χ0v) is 20.6. The van der Waals surface area contributed by atoms with Crippen LogP contribution in [0, 0.1) is 0 Å². The van der Waals surface area contributed by atoms with Gasteiger partial charge in [-0.1, -0.05) is 38.1 Å². The number of benzene rings is 1. The number of hydrogen-bond donors (Lipinski definition) is 2. The minimum atomic E-state index is 0. The van der Waals surface area contributed by atoms with Gasteiger partial charge >= 0.3 is 0 Å². The van der Waals surface area contributed by atoms with Gasteiger partial charge in [0, 0.05) is 39.1 Å². The minimum absolute atomic E-state index is 0. The highest BCUT2D eigenvalue weighted by atomic mass is 127. The Morgan fingerprint density at radius 2 is 1.86 bits per heavy atom. The fraction of sp³-hybridized carbons (Fsp3) is 0.636. The van der Waals surface area contributed by atoms with Crippen LogP contribution >= 0.6 is 24.0 Å². The Bertz CT molecular complexity index is 633. The summed E-state index contributed by atoms with van der Waals surface area (Å²) >= 11 is 0. The Kier molecular flexibility index (Phi) is 12.9. The summed E-state index contributed by atoms with van der Waals surface area (Å²) in [5.41, 5.74) is 2.62. The van der Waals surface area contributed by atoms with Gasteiger partial charge in [-0.2, -0.15) is 0 Å². The van der Waals surface area contributed by atoms with Crippen LogP contribution in [-0.4, -0.2) is 60.9 Å². The molecule has 0 atom stereocenters. The average Bonchev–Trinajstić information content (AvgIpc) is 3.12. The molecule has 1 aromatic rings. The molecule has 0 spiro atoms. The largest absolute Gasteiger partial charge is 0.357 e. The molecule has 7 heteroatoms. The van der Waals surface area contributed by atoms with Gasteiger partial charge < -0.3 is 15.5 Å². The Morgan fingerprint density at radius 3 is 2.48 bits per heavy atom. The van der Waals surface area contributed by atoms with E-state index in [0.717, 1.165) is 64.6 Å². The Labute approximate surface area is 193 Å². The van der Waals surface area contributed by atoms with Crippen LogP contribution in [0.5, 0.6) is 0 Å². The van der Waals surface area contributed by atoms with Crippen LogP contribution in [0.4, 0.5) is 0 Å². The number of carbonyl (C=O) groups is 1. The van der Waals surface area contributed by atoms with Crippen molar-refractivity contribution in [1.29, 1.82) is 0 Å². The molecule has 1 aliphatic heterocycles. The number of nitrogens with one attached hydrogen (secondary N) is 2. The second-order valence-electron chi connectivity index (χ2n) is 7.19. The van der Waals surface area contributed by atoms with Gasteiger partial charge in [-0.05, 0) is 44.0 Å². The number of hydrogen-bond acceptors (Lipinski definition) is 3. The first-order valence-electron chi connectivity index (χ1n) is 10.8. The number of nitrogens with zero attached hydrogens (tertiary/aromatic N) is 3. The third-order valence-electron chi connectivity index (χ3n) is 5.23. The first-order chi connectivity index (χ1) is 13.7. The number of guanidine groups is 1. The van der Waals surface area contributed by atoms with E-state index in [9.17, 15) is 4.79 Å². The van der Waals surface area contributed by atoms with E-state index in [1.165, 1.54) is 11.1 Å². The van der Waals surface area contributed by atoms with Gasteiger partial charge in [0.25, 0.3) is 0 Å². The van der Waals surface area contributed by atoms with Crippen LogP contribution < -0.4 is 10.6 Å². The van der Waals surface area contributed by atoms with Crippen LogP contribution in [0.2, 0.25) is 0 Å². The molecule has 164 valence electrons. The lowest BCUT2D eigenvalue weighted by molar-refractivity contribution is -0.127. The summed E-state index contributed by atoms with van der Waals surface area (Å²) in [6.07, 6.45) is 2.66. The van der Waals surface area contributed by atoms with Gasteiger partial charge in [-0.3, -0.25) is 9.69 Å². The monoisotopic (exact) mass is 515 g/mol. The number of amides is 1. The predicted octanol–water partition coefficient (Wildman–Crippen LogP) is 3.21. The summed E-state index contributed by atoms with van der Waals surface area (Å²) in [6.45, 7) is 13.6. The Morgan fingerprint density at radius 1 is 1.14 bits per heavy atom. The molecule has 0 aliphatic carbocycles. The van der Waals surface area contributed by atoms with Gasteiger partial charge in [0.15, 0.2) is 5.96 Å². The molecule has 1 aliphatic rings. The summed E-state index contributed by atoms with van der Waals surface area (Å²) in [6, 6.07) is 8.57. The van der Waals surface area contributed by atoms with Crippen molar-refractivity contribution in [2.45, 2.75) is 53.1 Å². The molecule has 0 aromatic heterocycles. The molecule has 1 aromatic carbocycles. The lowest BCUT2D eigenvalue weighted by Crippen LogP contribution is -2.39. The smallest absolute Gasteiger partial charge is 0.222 e. The first kappa shape index (κ1) is 25.7. The van der Waals surface area contributed by atoms with E-state index in [0.29, 0.717) is 18.9 Å². The van der Waals surface area contributed by atoms with E-state index in [1.54, 1.807) is 0 Å². The lowest BCUT2D eigenvalue weighted by atomic mass is 10.1. The number of rotatable bonds is 11. The summed E-state index contributed by atoms with van der Waals surface area (Å²) < 4.78 is 0. The van der Waals surface area contributed by atoms with Gasteiger partial charge in [-0.15, -0.1) is 24.0 Å². The van der Waals surface area contributed by atoms with Crippen molar-refractivity contribution in [3.05, 3.63) is 35.4 Å². The van der Waals surface area contributed by atoms with Gasteiger partial charge in [0.05, 0.1) is 6.54 Å². The quantitative estimate of drug-likeness (QED) is 0.206. The summed E-state index contributed by atoms with van der Waals surface area (Å²) in [5.74, 6) is 1.14. The maximum Gasteiger partial charge on any atom is 0.222 e. The maximum atomic E-state index is 11.7. The number of carbonyl (C=O) groups excluding carboxylic acids is 1. The number of aliphatic imine (C=N–C) groups is 1. The standard InChI is InChI=1S/C22H37N5O.HI/c1-4-23-22(24-14-10-16-27-15-9-13-21(27)28)25-17-19-11-7-8-12-20(19)18-26(5-2)6-3;/h7-8,11-12H,4-6,9-10,13-18H2,1-3H3,(H2,23,24,25);1H. The second kappa shape index (κ2) is 14.6. The predicted molar refractivity (Wildman–Crippen MR) is 132 cm³/mol.